The van der Waals surface area contributed by atoms with Crippen molar-refractivity contribution in [2.45, 2.75) is 26.9 Å². The average molecular weight is 261 g/mol. The van der Waals surface area contributed by atoms with Crippen LogP contribution in [0.5, 0.6) is 0 Å². The van der Waals surface area contributed by atoms with Crippen LogP contribution in [0.4, 0.5) is 0 Å². The van der Waals surface area contributed by atoms with Crippen molar-refractivity contribution in [3.05, 3.63) is 0 Å². The van der Waals surface area contributed by atoms with Gasteiger partial charge in [-0.3, -0.25) is 9.59 Å². The van der Waals surface area contributed by atoms with Gasteiger partial charge in [-0.2, -0.15) is 0 Å². The molecular formula is C12H23NO5. The number of carbonyl (C=O) groups excluding carboxylic acids is 1. The molecule has 0 spiro atoms. The third-order valence-electron chi connectivity index (χ3n) is 2.49. The van der Waals surface area contributed by atoms with Crippen LogP contribution in [-0.4, -0.2) is 61.4 Å². The number of hydrogen-bond donors (Lipinski definition) is 1. The highest BCUT2D eigenvalue weighted by atomic mass is 16.5. The van der Waals surface area contributed by atoms with Gasteiger partial charge in [-0.25, -0.2) is 0 Å². The maximum Gasteiger partial charge on any atom is 0.308 e. The van der Waals surface area contributed by atoms with E-state index < -0.39 is 18.0 Å². The van der Waals surface area contributed by atoms with Crippen LogP contribution in [0.3, 0.4) is 0 Å². The second-order valence-corrected chi connectivity index (χ2v) is 4.17. The molecule has 2 atom stereocenters. The Hall–Kier alpha value is -1.14. The Morgan fingerprint density at radius 1 is 1.28 bits per heavy atom. The van der Waals surface area contributed by atoms with Gasteiger partial charge in [0.25, 0.3) is 5.91 Å². The summed E-state index contributed by atoms with van der Waals surface area (Å²) in [7, 11) is 1.57. The molecule has 0 rings (SSSR count). The smallest absolute Gasteiger partial charge is 0.308 e. The maximum atomic E-state index is 11.8. The van der Waals surface area contributed by atoms with Crippen LogP contribution in [0.1, 0.15) is 20.8 Å². The zero-order valence-electron chi connectivity index (χ0n) is 11.5. The lowest BCUT2D eigenvalue weighted by Crippen LogP contribution is -2.40. The molecule has 0 aliphatic carbocycles. The van der Waals surface area contributed by atoms with E-state index in [4.69, 9.17) is 14.6 Å². The number of rotatable bonds is 9. The molecule has 6 nitrogen and oxygen atoms in total. The summed E-state index contributed by atoms with van der Waals surface area (Å²) in [5, 5.41) is 8.77. The van der Waals surface area contributed by atoms with Gasteiger partial charge in [0, 0.05) is 20.2 Å². The van der Waals surface area contributed by atoms with Crippen LogP contribution in [0.2, 0.25) is 0 Å². The Labute approximate surface area is 108 Å². The summed E-state index contributed by atoms with van der Waals surface area (Å²) in [4.78, 5) is 23.9. The molecule has 0 aliphatic rings. The number of ether oxygens (including phenoxy) is 2. The van der Waals surface area contributed by atoms with Gasteiger partial charge in [0.05, 0.1) is 19.1 Å². The van der Waals surface area contributed by atoms with Gasteiger partial charge in [0.1, 0.15) is 6.10 Å². The maximum absolute atomic E-state index is 11.8. The highest BCUT2D eigenvalue weighted by molar-refractivity contribution is 5.81. The summed E-state index contributed by atoms with van der Waals surface area (Å²) in [6.07, 6.45) is -0.587. The molecule has 0 saturated carbocycles. The first-order chi connectivity index (χ1) is 8.40. The Morgan fingerprint density at radius 2 is 1.89 bits per heavy atom. The first kappa shape index (κ1) is 16.9. The van der Waals surface area contributed by atoms with E-state index in [2.05, 4.69) is 0 Å². The van der Waals surface area contributed by atoms with Crippen molar-refractivity contribution in [2.75, 3.05) is 33.4 Å². The van der Waals surface area contributed by atoms with Crippen molar-refractivity contribution < 1.29 is 24.2 Å². The van der Waals surface area contributed by atoms with Gasteiger partial charge in [-0.05, 0) is 13.8 Å². The monoisotopic (exact) mass is 261 g/mol. The lowest BCUT2D eigenvalue weighted by Gasteiger charge is -2.23. The van der Waals surface area contributed by atoms with Crippen molar-refractivity contribution in [1.82, 2.24) is 4.90 Å². The zero-order valence-corrected chi connectivity index (χ0v) is 11.5. The second-order valence-electron chi connectivity index (χ2n) is 4.17. The largest absolute Gasteiger partial charge is 0.481 e. The minimum absolute atomic E-state index is 0.174. The average Bonchev–Trinajstić information content (AvgIpc) is 2.33. The molecule has 0 aliphatic heterocycles. The van der Waals surface area contributed by atoms with Crippen LogP contribution in [-0.2, 0) is 19.1 Å². The highest BCUT2D eigenvalue weighted by Crippen LogP contribution is 2.03. The number of carbonyl (C=O) groups is 2. The van der Waals surface area contributed by atoms with E-state index in [-0.39, 0.29) is 12.5 Å². The Kier molecular flexibility index (Phi) is 8.32. The van der Waals surface area contributed by atoms with Gasteiger partial charge in [0.2, 0.25) is 0 Å². The number of nitrogens with zero attached hydrogens (tertiary/aromatic N) is 1. The fourth-order valence-electron chi connectivity index (χ4n) is 1.39. The predicted octanol–water partition coefficient (Wildman–Crippen LogP) is 0.607. The summed E-state index contributed by atoms with van der Waals surface area (Å²) in [6.45, 7) is 6.68. The van der Waals surface area contributed by atoms with E-state index in [1.54, 1.807) is 20.9 Å². The fourth-order valence-corrected chi connectivity index (χ4v) is 1.39. The van der Waals surface area contributed by atoms with Gasteiger partial charge >= 0.3 is 5.97 Å². The van der Waals surface area contributed by atoms with E-state index in [1.807, 2.05) is 6.92 Å². The standard InChI is InChI=1S/C12H23NO5/c1-5-17-6-7-18-10(3)11(14)13(4)8-9(2)12(15)16/h9-10H,5-8H2,1-4H3,(H,15,16). The number of carboxylic acid groups (broad SMARTS) is 1. The molecule has 0 bridgehead atoms. The van der Waals surface area contributed by atoms with Gasteiger partial charge in [-0.15, -0.1) is 0 Å². The number of carboxylic acids is 1. The van der Waals surface area contributed by atoms with Crippen molar-refractivity contribution in [3.63, 3.8) is 0 Å². The minimum atomic E-state index is -0.917. The fraction of sp³-hybridized carbons (Fsp3) is 0.833. The molecule has 0 saturated heterocycles. The first-order valence-corrected chi connectivity index (χ1v) is 6.07. The molecule has 0 radical (unpaired) electrons. The van der Waals surface area contributed by atoms with E-state index in [9.17, 15) is 9.59 Å². The molecule has 1 amide bonds. The first-order valence-electron chi connectivity index (χ1n) is 6.07. The van der Waals surface area contributed by atoms with Gasteiger partial charge < -0.3 is 19.5 Å². The van der Waals surface area contributed by atoms with E-state index in [1.165, 1.54) is 4.90 Å². The minimum Gasteiger partial charge on any atom is -0.481 e. The topological polar surface area (TPSA) is 76.1 Å². The summed E-state index contributed by atoms with van der Waals surface area (Å²) in [5.41, 5.74) is 0. The van der Waals surface area contributed by atoms with E-state index in [0.29, 0.717) is 19.8 Å². The quantitative estimate of drug-likeness (QED) is 0.615. The number of likely N-dealkylation sites (N-methyl/N-ethyl adjacent to an activating group) is 1. The van der Waals surface area contributed by atoms with E-state index in [0.717, 1.165) is 0 Å². The van der Waals surface area contributed by atoms with Crippen LogP contribution >= 0.6 is 0 Å². The molecular weight excluding hydrogens is 238 g/mol. The van der Waals surface area contributed by atoms with Gasteiger partial charge in [0.15, 0.2) is 0 Å². The summed E-state index contributed by atoms with van der Waals surface area (Å²) in [6, 6.07) is 0. The number of aliphatic carboxylic acids is 1. The van der Waals surface area contributed by atoms with E-state index >= 15 is 0 Å². The van der Waals surface area contributed by atoms with Crippen LogP contribution < -0.4 is 0 Å². The molecule has 106 valence electrons. The third-order valence-corrected chi connectivity index (χ3v) is 2.49. The van der Waals surface area contributed by atoms with Crippen LogP contribution in [0, 0.1) is 5.92 Å². The molecule has 0 aromatic carbocycles. The lowest BCUT2D eigenvalue weighted by atomic mass is 10.1. The van der Waals surface area contributed by atoms with Crippen molar-refractivity contribution >= 4 is 11.9 Å². The molecule has 0 heterocycles. The molecule has 0 fully saturated rings. The van der Waals surface area contributed by atoms with Gasteiger partial charge in [-0.1, -0.05) is 6.92 Å². The van der Waals surface area contributed by atoms with Crippen LogP contribution in [0.25, 0.3) is 0 Å². The zero-order chi connectivity index (χ0) is 14.1. The Balaban J connectivity index is 4.00. The normalized spacial score (nSPS) is 14.0. The molecule has 18 heavy (non-hydrogen) atoms. The third kappa shape index (κ3) is 6.56. The molecule has 1 N–H and O–H groups in total. The lowest BCUT2D eigenvalue weighted by molar-refractivity contribution is -0.146. The van der Waals surface area contributed by atoms with Crippen molar-refractivity contribution in [2.24, 2.45) is 5.92 Å². The molecule has 0 aromatic rings. The number of hydrogen-bond acceptors (Lipinski definition) is 4. The Bertz CT molecular complexity index is 269. The van der Waals surface area contributed by atoms with Crippen molar-refractivity contribution in [3.8, 4) is 0 Å². The highest BCUT2D eigenvalue weighted by Gasteiger charge is 2.21. The molecule has 2 unspecified atom stereocenters. The summed E-state index contributed by atoms with van der Waals surface area (Å²) in [5.74, 6) is -1.73. The molecule has 6 heteroatoms. The van der Waals surface area contributed by atoms with Crippen LogP contribution in [0.15, 0.2) is 0 Å². The second kappa shape index (κ2) is 8.88. The SMILES string of the molecule is CCOCCOC(C)C(=O)N(C)CC(C)C(=O)O. The predicted molar refractivity (Wildman–Crippen MR) is 66.3 cm³/mol. The number of amides is 1. The summed E-state index contributed by atoms with van der Waals surface area (Å²) >= 11 is 0. The van der Waals surface area contributed by atoms with Crippen molar-refractivity contribution in [1.29, 1.82) is 0 Å². The Morgan fingerprint density at radius 3 is 2.39 bits per heavy atom. The molecule has 0 aromatic heterocycles. The summed E-state index contributed by atoms with van der Waals surface area (Å²) < 4.78 is 10.4.